The molecule has 0 aliphatic carbocycles. The van der Waals surface area contributed by atoms with Gasteiger partial charge in [-0.15, -0.1) is 0 Å². The molecule has 1 aromatic heterocycles. The molecule has 0 fully saturated rings. The summed E-state index contributed by atoms with van der Waals surface area (Å²) in [5.74, 6) is -1.55. The Morgan fingerprint density at radius 2 is 1.67 bits per heavy atom. The molecular formula is C23H21NO7S2. The van der Waals surface area contributed by atoms with Gasteiger partial charge in [-0.25, -0.2) is 0 Å². The van der Waals surface area contributed by atoms with Crippen molar-refractivity contribution in [2.45, 2.75) is 16.2 Å². The highest BCUT2D eigenvalue weighted by Gasteiger charge is 2.47. The third kappa shape index (κ3) is 4.23. The number of aliphatic carboxylic acids is 1. The highest BCUT2D eigenvalue weighted by molar-refractivity contribution is 8.00. The van der Waals surface area contributed by atoms with Gasteiger partial charge in [0.1, 0.15) is 11.0 Å². The number of nitrogens with one attached hydrogen (secondary N) is 1. The van der Waals surface area contributed by atoms with Crippen LogP contribution in [-0.2, 0) is 4.79 Å². The van der Waals surface area contributed by atoms with Gasteiger partial charge in [-0.1, -0.05) is 29.2 Å². The van der Waals surface area contributed by atoms with Crippen LogP contribution in [0.15, 0.2) is 52.3 Å². The van der Waals surface area contributed by atoms with Crippen molar-refractivity contribution in [3.05, 3.63) is 68.1 Å². The number of benzene rings is 2. The molecule has 2 aromatic carbocycles. The monoisotopic (exact) mass is 487 g/mol. The van der Waals surface area contributed by atoms with Crippen molar-refractivity contribution in [1.29, 1.82) is 0 Å². The van der Waals surface area contributed by atoms with E-state index < -0.39 is 23.1 Å². The van der Waals surface area contributed by atoms with Gasteiger partial charge in [-0.05, 0) is 42.0 Å². The standard InChI is InChI=1S/C23H21NO7S2/c1-29-13-7-4-11(5-8-13)18(25)17-16(12-6-9-14(30-2)15(10-12)31-3)19-21(24-23(28)33-19)32-20(17)22(26)27/h4-10,16-17,20H,1-3H3,(H,24,28)(H,26,27)/t16-,17-,20+/m0/s1. The maximum Gasteiger partial charge on any atom is 0.317 e. The van der Waals surface area contributed by atoms with Gasteiger partial charge in [0.25, 0.3) is 0 Å². The van der Waals surface area contributed by atoms with Crippen LogP contribution in [0.2, 0.25) is 0 Å². The van der Waals surface area contributed by atoms with E-state index in [0.717, 1.165) is 23.1 Å². The minimum Gasteiger partial charge on any atom is -0.497 e. The molecule has 0 radical (unpaired) electrons. The number of H-pyrrole nitrogens is 1. The lowest BCUT2D eigenvalue weighted by molar-refractivity contribution is -0.137. The first-order valence-corrected chi connectivity index (χ1v) is 11.6. The Kier molecular flexibility index (Phi) is 6.48. The smallest absolute Gasteiger partial charge is 0.317 e. The first kappa shape index (κ1) is 22.9. The number of carboxylic acids is 1. The summed E-state index contributed by atoms with van der Waals surface area (Å²) in [6.45, 7) is 0. The van der Waals surface area contributed by atoms with Gasteiger partial charge in [-0.2, -0.15) is 0 Å². The largest absolute Gasteiger partial charge is 0.497 e. The second-order valence-corrected chi connectivity index (χ2v) is 9.46. The molecule has 10 heteroatoms. The van der Waals surface area contributed by atoms with Crippen LogP contribution in [0.25, 0.3) is 0 Å². The number of carbonyl (C=O) groups is 2. The van der Waals surface area contributed by atoms with Gasteiger partial charge in [0.15, 0.2) is 17.3 Å². The lowest BCUT2D eigenvalue weighted by atomic mass is 9.77. The quantitative estimate of drug-likeness (QED) is 0.486. The Morgan fingerprint density at radius 3 is 2.27 bits per heavy atom. The molecule has 0 bridgehead atoms. The van der Waals surface area contributed by atoms with Crippen LogP contribution in [0.3, 0.4) is 0 Å². The van der Waals surface area contributed by atoms with Crippen molar-refractivity contribution in [2.75, 3.05) is 21.3 Å². The first-order valence-electron chi connectivity index (χ1n) is 9.90. The van der Waals surface area contributed by atoms with E-state index in [0.29, 0.717) is 38.3 Å². The normalized spacial score (nSPS) is 19.4. The number of aromatic nitrogens is 1. The lowest BCUT2D eigenvalue weighted by Crippen LogP contribution is -2.39. The lowest BCUT2D eigenvalue weighted by Gasteiger charge is -2.34. The van der Waals surface area contributed by atoms with E-state index in [1.807, 2.05) is 0 Å². The molecule has 172 valence electrons. The molecule has 33 heavy (non-hydrogen) atoms. The summed E-state index contributed by atoms with van der Waals surface area (Å²) in [4.78, 5) is 41.3. The number of hydrogen-bond donors (Lipinski definition) is 2. The van der Waals surface area contributed by atoms with Crippen molar-refractivity contribution < 1.29 is 28.9 Å². The number of thiazole rings is 1. The zero-order valence-electron chi connectivity index (χ0n) is 18.0. The van der Waals surface area contributed by atoms with E-state index in [2.05, 4.69) is 4.98 Å². The molecule has 0 saturated heterocycles. The molecule has 3 aromatic rings. The van der Waals surface area contributed by atoms with Crippen LogP contribution in [0, 0.1) is 5.92 Å². The molecular weight excluding hydrogens is 466 g/mol. The highest BCUT2D eigenvalue weighted by atomic mass is 32.2. The van der Waals surface area contributed by atoms with E-state index in [1.165, 1.54) is 21.3 Å². The number of methoxy groups -OCH3 is 3. The summed E-state index contributed by atoms with van der Waals surface area (Å²) in [6.07, 6.45) is 0. The molecule has 4 rings (SSSR count). The third-order valence-electron chi connectivity index (χ3n) is 5.54. The number of hydrogen-bond acceptors (Lipinski definition) is 8. The number of carboxylic acid groups (broad SMARTS) is 1. The highest BCUT2D eigenvalue weighted by Crippen LogP contribution is 2.51. The number of ketones is 1. The molecule has 0 saturated carbocycles. The molecule has 1 aliphatic heterocycles. The van der Waals surface area contributed by atoms with E-state index in [1.54, 1.807) is 42.5 Å². The summed E-state index contributed by atoms with van der Waals surface area (Å²) < 4.78 is 15.9. The van der Waals surface area contributed by atoms with Crippen molar-refractivity contribution in [3.63, 3.8) is 0 Å². The van der Waals surface area contributed by atoms with Crippen molar-refractivity contribution in [1.82, 2.24) is 4.98 Å². The van der Waals surface area contributed by atoms with Crippen molar-refractivity contribution in [2.24, 2.45) is 5.92 Å². The third-order valence-corrected chi connectivity index (χ3v) is 7.94. The minimum absolute atomic E-state index is 0.306. The first-order chi connectivity index (χ1) is 15.9. The Labute approximate surface area is 197 Å². The number of aromatic amines is 1. The Bertz CT molecular complexity index is 1250. The molecule has 0 amide bonds. The minimum atomic E-state index is -1.13. The Balaban J connectivity index is 1.90. The van der Waals surface area contributed by atoms with E-state index in [4.69, 9.17) is 14.2 Å². The number of thioether (sulfide) groups is 1. The number of rotatable bonds is 7. The number of ether oxygens (including phenoxy) is 3. The zero-order valence-corrected chi connectivity index (χ0v) is 19.6. The van der Waals surface area contributed by atoms with Crippen LogP contribution in [0.1, 0.15) is 26.7 Å². The molecule has 8 nitrogen and oxygen atoms in total. The fraction of sp³-hybridized carbons (Fsp3) is 0.261. The molecule has 2 heterocycles. The summed E-state index contributed by atoms with van der Waals surface area (Å²) >= 11 is 1.98. The summed E-state index contributed by atoms with van der Waals surface area (Å²) in [7, 11) is 4.54. The van der Waals surface area contributed by atoms with Gasteiger partial charge >= 0.3 is 10.8 Å². The average molecular weight is 488 g/mol. The second-order valence-electron chi connectivity index (χ2n) is 7.30. The molecule has 0 spiro atoms. The van der Waals surface area contributed by atoms with Crippen LogP contribution in [0.4, 0.5) is 0 Å². The van der Waals surface area contributed by atoms with Gasteiger partial charge < -0.3 is 24.3 Å². The van der Waals surface area contributed by atoms with E-state index >= 15 is 0 Å². The molecule has 0 unspecified atom stereocenters. The number of carbonyl (C=O) groups excluding carboxylic acids is 1. The predicted octanol–water partition coefficient (Wildman–Crippen LogP) is 3.65. The van der Waals surface area contributed by atoms with Crippen LogP contribution >= 0.6 is 23.1 Å². The molecule has 3 atom stereocenters. The number of Topliss-reactive ketones (excluding diaryl/α,β-unsaturated/α-hetero) is 1. The van der Waals surface area contributed by atoms with Crippen LogP contribution < -0.4 is 19.1 Å². The van der Waals surface area contributed by atoms with Crippen LogP contribution in [-0.4, -0.2) is 48.4 Å². The molecule has 1 aliphatic rings. The maximum atomic E-state index is 13.7. The van der Waals surface area contributed by atoms with E-state index in [-0.39, 0.29) is 10.7 Å². The average Bonchev–Trinajstić information content (AvgIpc) is 3.21. The van der Waals surface area contributed by atoms with Gasteiger partial charge in [0.05, 0.1) is 32.3 Å². The fourth-order valence-electron chi connectivity index (χ4n) is 4.00. The van der Waals surface area contributed by atoms with Gasteiger partial charge in [0.2, 0.25) is 0 Å². The van der Waals surface area contributed by atoms with Crippen LogP contribution in [0.5, 0.6) is 17.2 Å². The maximum absolute atomic E-state index is 13.7. The Morgan fingerprint density at radius 1 is 0.970 bits per heavy atom. The van der Waals surface area contributed by atoms with Gasteiger partial charge in [0, 0.05) is 16.4 Å². The summed E-state index contributed by atoms with van der Waals surface area (Å²) in [5, 5.41) is 9.41. The topological polar surface area (TPSA) is 115 Å². The van der Waals surface area contributed by atoms with Crippen molar-refractivity contribution in [3.8, 4) is 17.2 Å². The van der Waals surface area contributed by atoms with E-state index in [9.17, 15) is 19.5 Å². The van der Waals surface area contributed by atoms with Crippen molar-refractivity contribution >= 4 is 34.9 Å². The Hall–Kier alpha value is -3.24. The zero-order chi connectivity index (χ0) is 23.7. The summed E-state index contributed by atoms with van der Waals surface area (Å²) in [6, 6.07) is 11.7. The molecule has 2 N–H and O–H groups in total. The van der Waals surface area contributed by atoms with Gasteiger partial charge in [-0.3, -0.25) is 14.4 Å². The second kappa shape index (κ2) is 9.32. The predicted molar refractivity (Wildman–Crippen MR) is 124 cm³/mol. The fourth-order valence-corrected chi connectivity index (χ4v) is 6.42. The SMILES string of the molecule is COc1ccc(C(=O)[C@@H]2[C@H](c3ccc(OC)c(OC)c3)c3sc(=O)[nH]c3S[C@H]2C(=O)O)cc1. The summed E-state index contributed by atoms with van der Waals surface area (Å²) in [5.41, 5.74) is 1.02. The number of fused-ring (bicyclic) bond motifs is 1.